The van der Waals surface area contributed by atoms with Crippen molar-refractivity contribution in [1.29, 1.82) is 0 Å². The van der Waals surface area contributed by atoms with Gasteiger partial charge in [0.25, 0.3) is 10.0 Å². The average molecular weight is 370 g/mol. The molecule has 0 aliphatic rings. The fourth-order valence-corrected chi connectivity index (χ4v) is 5.43. The van der Waals surface area contributed by atoms with Crippen molar-refractivity contribution in [2.45, 2.75) is 25.0 Å². The highest BCUT2D eigenvalue weighted by Crippen LogP contribution is 2.32. The maximum atomic E-state index is 12.4. The molecule has 1 rings (SSSR count). The van der Waals surface area contributed by atoms with E-state index in [0.29, 0.717) is 0 Å². The molecule has 108 valence electrons. The van der Waals surface area contributed by atoms with Crippen LogP contribution in [0.2, 0.25) is 0 Å². The van der Waals surface area contributed by atoms with Gasteiger partial charge >= 0.3 is 5.97 Å². The normalized spacial score (nSPS) is 12.3. The Hall–Kier alpha value is -0.440. The zero-order valence-electron chi connectivity index (χ0n) is 10.9. The minimum Gasteiger partial charge on any atom is -0.480 e. The number of carbonyl (C=O) groups is 1. The van der Waals surface area contributed by atoms with Gasteiger partial charge in [0.1, 0.15) is 10.8 Å². The first-order chi connectivity index (χ1) is 8.64. The number of rotatable bonds is 6. The number of sulfonamides is 1. The van der Waals surface area contributed by atoms with E-state index in [2.05, 4.69) is 15.9 Å². The molecule has 0 aliphatic carbocycles. The predicted molar refractivity (Wildman–Crippen MR) is 78.0 cm³/mol. The number of thiophene rings is 1. The third kappa shape index (κ3) is 4.27. The van der Waals surface area contributed by atoms with Gasteiger partial charge in [-0.15, -0.1) is 11.3 Å². The number of carboxylic acid groups (broad SMARTS) is 1. The largest absolute Gasteiger partial charge is 0.480 e. The molecule has 0 amide bonds. The summed E-state index contributed by atoms with van der Waals surface area (Å²) in [6.45, 7) is 5.15. The number of carboxylic acids is 1. The van der Waals surface area contributed by atoms with Gasteiger partial charge in [-0.3, -0.25) is 4.79 Å². The topological polar surface area (TPSA) is 74.7 Å². The zero-order valence-corrected chi connectivity index (χ0v) is 14.1. The van der Waals surface area contributed by atoms with Gasteiger partial charge < -0.3 is 5.11 Å². The summed E-state index contributed by atoms with van der Waals surface area (Å²) in [5, 5.41) is 8.85. The van der Waals surface area contributed by atoms with E-state index >= 15 is 0 Å². The number of aliphatic carboxylic acids is 1. The third-order valence-electron chi connectivity index (χ3n) is 2.31. The molecule has 5 nitrogen and oxygen atoms in total. The van der Waals surface area contributed by atoms with Gasteiger partial charge in [0, 0.05) is 6.54 Å². The molecule has 0 atom stereocenters. The molecular formula is C11H16BrNO4S2. The fraction of sp³-hybridized carbons (Fsp3) is 0.545. The van der Waals surface area contributed by atoms with E-state index in [-0.39, 0.29) is 16.7 Å². The number of nitrogens with zero attached hydrogens (tertiary/aromatic N) is 1. The van der Waals surface area contributed by atoms with Gasteiger partial charge in [0.15, 0.2) is 0 Å². The van der Waals surface area contributed by atoms with E-state index in [0.717, 1.165) is 25.0 Å². The minimum absolute atomic E-state index is 0.0543. The van der Waals surface area contributed by atoms with Gasteiger partial charge in [-0.05, 0) is 40.4 Å². The van der Waals surface area contributed by atoms with Crippen LogP contribution >= 0.6 is 27.3 Å². The monoisotopic (exact) mass is 369 g/mol. The second kappa shape index (κ2) is 6.34. The molecule has 1 N–H and O–H groups in total. The fourth-order valence-electron chi connectivity index (χ4n) is 1.49. The highest BCUT2D eigenvalue weighted by Gasteiger charge is 2.29. The minimum atomic E-state index is -3.75. The van der Waals surface area contributed by atoms with E-state index in [4.69, 9.17) is 5.11 Å². The number of aryl methyl sites for hydroxylation is 1. The SMILES string of the molecule is Cc1cc(S(=O)(=O)N(CC(=O)O)CC(C)C)sc1Br. The molecule has 0 radical (unpaired) electrons. The molecule has 0 aromatic carbocycles. The summed E-state index contributed by atoms with van der Waals surface area (Å²) < 4.78 is 26.8. The van der Waals surface area contributed by atoms with E-state index in [9.17, 15) is 13.2 Å². The average Bonchev–Trinajstić information content (AvgIpc) is 2.57. The lowest BCUT2D eigenvalue weighted by Crippen LogP contribution is -2.37. The molecule has 0 saturated carbocycles. The summed E-state index contributed by atoms with van der Waals surface area (Å²) in [4.78, 5) is 10.8. The highest BCUT2D eigenvalue weighted by molar-refractivity contribution is 9.11. The van der Waals surface area contributed by atoms with Crippen LogP contribution in [0.25, 0.3) is 0 Å². The molecule has 0 spiro atoms. The standard InChI is InChI=1S/C11H16BrNO4S2/c1-7(2)5-13(6-9(14)15)19(16,17)10-4-8(3)11(12)18-10/h4,7H,5-6H2,1-3H3,(H,14,15). The molecular weight excluding hydrogens is 354 g/mol. The van der Waals surface area contributed by atoms with Crippen molar-refractivity contribution in [3.8, 4) is 0 Å². The highest BCUT2D eigenvalue weighted by atomic mass is 79.9. The van der Waals surface area contributed by atoms with Crippen LogP contribution in [0.5, 0.6) is 0 Å². The van der Waals surface area contributed by atoms with Crippen molar-refractivity contribution < 1.29 is 18.3 Å². The van der Waals surface area contributed by atoms with E-state index < -0.39 is 22.5 Å². The van der Waals surface area contributed by atoms with Crippen LogP contribution in [-0.4, -0.2) is 36.9 Å². The first-order valence-corrected chi connectivity index (χ1v) is 8.67. The first kappa shape index (κ1) is 16.6. The Balaban J connectivity index is 3.14. The van der Waals surface area contributed by atoms with Crippen molar-refractivity contribution in [3.05, 3.63) is 15.4 Å². The van der Waals surface area contributed by atoms with Crippen LogP contribution in [0, 0.1) is 12.8 Å². The van der Waals surface area contributed by atoms with Crippen molar-refractivity contribution in [2.75, 3.05) is 13.1 Å². The van der Waals surface area contributed by atoms with Crippen LogP contribution in [0.15, 0.2) is 14.1 Å². The molecule has 0 bridgehead atoms. The predicted octanol–water partition coefficient (Wildman–Crippen LogP) is 2.55. The lowest BCUT2D eigenvalue weighted by molar-refractivity contribution is -0.137. The molecule has 0 aliphatic heterocycles. The van der Waals surface area contributed by atoms with Crippen molar-refractivity contribution in [1.82, 2.24) is 4.31 Å². The summed E-state index contributed by atoms with van der Waals surface area (Å²) in [6, 6.07) is 1.55. The Morgan fingerprint density at radius 3 is 2.47 bits per heavy atom. The molecule has 0 unspecified atom stereocenters. The zero-order chi connectivity index (χ0) is 14.8. The van der Waals surface area contributed by atoms with Crippen molar-refractivity contribution >= 4 is 43.3 Å². The van der Waals surface area contributed by atoms with E-state index in [1.807, 2.05) is 13.8 Å². The molecule has 0 saturated heterocycles. The van der Waals surface area contributed by atoms with Crippen molar-refractivity contribution in [2.24, 2.45) is 5.92 Å². The Morgan fingerprint density at radius 2 is 2.11 bits per heavy atom. The summed E-state index contributed by atoms with van der Waals surface area (Å²) in [5.41, 5.74) is 0.823. The Morgan fingerprint density at radius 1 is 1.53 bits per heavy atom. The summed E-state index contributed by atoms with van der Waals surface area (Å²) >= 11 is 4.38. The quantitative estimate of drug-likeness (QED) is 0.835. The van der Waals surface area contributed by atoms with E-state index in [1.165, 1.54) is 0 Å². The van der Waals surface area contributed by atoms with Gasteiger partial charge in [0.2, 0.25) is 0 Å². The van der Waals surface area contributed by atoms with Gasteiger partial charge in [0.05, 0.1) is 3.79 Å². The maximum absolute atomic E-state index is 12.4. The van der Waals surface area contributed by atoms with Gasteiger partial charge in [-0.2, -0.15) is 4.31 Å². The second-order valence-corrected chi connectivity index (χ2v) is 9.14. The summed E-state index contributed by atoms with van der Waals surface area (Å²) in [5.74, 6) is -1.10. The molecule has 8 heteroatoms. The summed E-state index contributed by atoms with van der Waals surface area (Å²) in [6.07, 6.45) is 0. The number of halogens is 1. The van der Waals surface area contributed by atoms with Crippen LogP contribution in [-0.2, 0) is 14.8 Å². The van der Waals surface area contributed by atoms with Crippen LogP contribution < -0.4 is 0 Å². The number of hydrogen-bond donors (Lipinski definition) is 1. The van der Waals surface area contributed by atoms with Crippen LogP contribution in [0.3, 0.4) is 0 Å². The third-order valence-corrected chi connectivity index (χ3v) is 6.71. The lowest BCUT2D eigenvalue weighted by atomic mass is 10.2. The smallest absolute Gasteiger partial charge is 0.318 e. The molecule has 1 aromatic rings. The van der Waals surface area contributed by atoms with Crippen molar-refractivity contribution in [3.63, 3.8) is 0 Å². The van der Waals surface area contributed by atoms with Crippen LogP contribution in [0.4, 0.5) is 0 Å². The van der Waals surface area contributed by atoms with Crippen LogP contribution in [0.1, 0.15) is 19.4 Å². The van der Waals surface area contributed by atoms with Gasteiger partial charge in [-0.1, -0.05) is 13.8 Å². The molecule has 1 heterocycles. The second-order valence-electron chi connectivity index (χ2n) is 4.61. The lowest BCUT2D eigenvalue weighted by Gasteiger charge is -2.21. The Bertz CT molecular complexity index is 546. The molecule has 1 aromatic heterocycles. The summed E-state index contributed by atoms with van der Waals surface area (Å²) in [7, 11) is -3.75. The van der Waals surface area contributed by atoms with Gasteiger partial charge in [-0.25, -0.2) is 8.42 Å². The Kier molecular flexibility index (Phi) is 5.54. The maximum Gasteiger partial charge on any atom is 0.318 e. The molecule has 19 heavy (non-hydrogen) atoms. The number of hydrogen-bond acceptors (Lipinski definition) is 4. The first-order valence-electron chi connectivity index (χ1n) is 5.62. The van der Waals surface area contributed by atoms with E-state index in [1.54, 1.807) is 13.0 Å². The molecule has 0 fully saturated rings. The Labute approximate surface area is 125 Å².